The van der Waals surface area contributed by atoms with E-state index in [0.717, 1.165) is 25.4 Å². The van der Waals surface area contributed by atoms with Crippen molar-refractivity contribution in [3.8, 4) is 11.9 Å². The summed E-state index contributed by atoms with van der Waals surface area (Å²) in [6, 6.07) is 3.61. The molecule has 0 unspecified atom stereocenters. The fraction of sp³-hybridized carbons (Fsp3) is 0.643. The summed E-state index contributed by atoms with van der Waals surface area (Å²) in [5.74, 6) is 1.91. The highest BCUT2D eigenvalue weighted by Gasteiger charge is 2.12. The Kier molecular flexibility index (Phi) is 5.10. The van der Waals surface area contributed by atoms with Gasteiger partial charge in [0.05, 0.1) is 6.61 Å². The normalized spacial score (nSPS) is 16.0. The van der Waals surface area contributed by atoms with E-state index in [0.29, 0.717) is 24.0 Å². The first-order chi connectivity index (χ1) is 9.28. The van der Waals surface area contributed by atoms with Gasteiger partial charge in [-0.2, -0.15) is 10.2 Å². The lowest BCUT2D eigenvalue weighted by atomic mass is 9.93. The molecule has 2 rings (SSSR count). The topological polar surface area (TPSA) is 70.8 Å². The number of aromatic nitrogens is 2. The summed E-state index contributed by atoms with van der Waals surface area (Å²) >= 11 is 0. The average Bonchev–Trinajstić information content (AvgIpc) is 2.44. The summed E-state index contributed by atoms with van der Waals surface area (Å²) in [4.78, 5) is 8.17. The van der Waals surface area contributed by atoms with Crippen molar-refractivity contribution in [2.45, 2.75) is 32.6 Å². The van der Waals surface area contributed by atoms with E-state index >= 15 is 0 Å². The smallest absolute Gasteiger partial charge is 0.217 e. The van der Waals surface area contributed by atoms with Gasteiger partial charge in [0.1, 0.15) is 17.6 Å². The molecule has 0 atom stereocenters. The molecule has 1 fully saturated rings. The largest absolute Gasteiger partial charge is 0.478 e. The second kappa shape index (κ2) is 7.05. The Morgan fingerprint density at radius 3 is 2.95 bits per heavy atom. The number of ether oxygens (including phenoxy) is 1. The van der Waals surface area contributed by atoms with Crippen LogP contribution in [0.4, 0.5) is 0 Å². The zero-order chi connectivity index (χ0) is 13.5. The van der Waals surface area contributed by atoms with Crippen LogP contribution in [-0.4, -0.2) is 29.7 Å². The molecule has 1 aromatic heterocycles. The molecule has 0 saturated carbocycles. The Bertz CT molecular complexity index is 449. The highest BCUT2D eigenvalue weighted by atomic mass is 16.5. The van der Waals surface area contributed by atoms with E-state index in [1.54, 1.807) is 13.0 Å². The Hall–Kier alpha value is -1.67. The van der Waals surface area contributed by atoms with Crippen LogP contribution in [0.1, 0.15) is 37.2 Å². The molecular weight excluding hydrogens is 240 g/mol. The van der Waals surface area contributed by atoms with E-state index in [1.807, 2.05) is 6.07 Å². The van der Waals surface area contributed by atoms with Crippen LogP contribution in [0.3, 0.4) is 0 Å². The number of nitriles is 1. The predicted octanol–water partition coefficient (Wildman–Crippen LogP) is 1.82. The second-order valence-electron chi connectivity index (χ2n) is 4.93. The van der Waals surface area contributed by atoms with Gasteiger partial charge in [-0.1, -0.05) is 0 Å². The predicted molar refractivity (Wildman–Crippen MR) is 71.8 cm³/mol. The molecule has 1 N–H and O–H groups in total. The summed E-state index contributed by atoms with van der Waals surface area (Å²) in [6.07, 6.45) is 4.78. The van der Waals surface area contributed by atoms with Crippen LogP contribution in [0.2, 0.25) is 0 Å². The average molecular weight is 260 g/mol. The summed E-state index contributed by atoms with van der Waals surface area (Å²) in [6.45, 7) is 4.71. The number of hydrogen-bond donors (Lipinski definition) is 1. The number of nitrogens with zero attached hydrogens (tertiary/aromatic N) is 3. The van der Waals surface area contributed by atoms with Crippen molar-refractivity contribution in [2.24, 2.45) is 5.92 Å². The molecule has 0 aliphatic carbocycles. The summed E-state index contributed by atoms with van der Waals surface area (Å²) in [5.41, 5.74) is 0.362. The Morgan fingerprint density at radius 2 is 2.21 bits per heavy atom. The summed E-state index contributed by atoms with van der Waals surface area (Å²) < 4.78 is 5.60. The van der Waals surface area contributed by atoms with Gasteiger partial charge in [-0.3, -0.25) is 0 Å². The van der Waals surface area contributed by atoms with E-state index in [4.69, 9.17) is 10.00 Å². The van der Waals surface area contributed by atoms with Crippen molar-refractivity contribution < 1.29 is 4.74 Å². The first kappa shape index (κ1) is 13.8. The maximum atomic E-state index is 8.83. The zero-order valence-corrected chi connectivity index (χ0v) is 11.4. The molecule has 1 saturated heterocycles. The van der Waals surface area contributed by atoms with Crippen molar-refractivity contribution in [2.75, 3.05) is 19.7 Å². The Labute approximate surface area is 114 Å². The van der Waals surface area contributed by atoms with Crippen molar-refractivity contribution in [3.05, 3.63) is 17.6 Å². The van der Waals surface area contributed by atoms with Crippen molar-refractivity contribution in [3.63, 3.8) is 0 Å². The number of rotatable bonds is 5. The first-order valence-corrected chi connectivity index (χ1v) is 6.87. The quantitative estimate of drug-likeness (QED) is 0.818. The number of piperidine rings is 1. The lowest BCUT2D eigenvalue weighted by Crippen LogP contribution is -2.27. The number of aryl methyl sites for hydroxylation is 1. The second-order valence-corrected chi connectivity index (χ2v) is 4.93. The number of hydrogen-bond acceptors (Lipinski definition) is 5. The molecule has 102 valence electrons. The molecule has 1 aliphatic heterocycles. The maximum Gasteiger partial charge on any atom is 0.217 e. The molecule has 0 radical (unpaired) electrons. The minimum atomic E-state index is 0.362. The molecule has 1 aliphatic rings. The molecule has 0 aromatic carbocycles. The highest BCUT2D eigenvalue weighted by molar-refractivity contribution is 5.25. The van der Waals surface area contributed by atoms with Gasteiger partial charge in [-0.05, 0) is 51.6 Å². The van der Waals surface area contributed by atoms with Gasteiger partial charge in [0.15, 0.2) is 0 Å². The van der Waals surface area contributed by atoms with E-state index < -0.39 is 0 Å². The van der Waals surface area contributed by atoms with Gasteiger partial charge < -0.3 is 10.1 Å². The monoisotopic (exact) mass is 260 g/mol. The van der Waals surface area contributed by atoms with E-state index in [2.05, 4.69) is 15.3 Å². The Morgan fingerprint density at radius 1 is 1.42 bits per heavy atom. The van der Waals surface area contributed by atoms with Gasteiger partial charge in [-0.15, -0.1) is 0 Å². The van der Waals surface area contributed by atoms with E-state index in [-0.39, 0.29) is 0 Å². The lowest BCUT2D eigenvalue weighted by molar-refractivity contribution is 0.266. The fourth-order valence-corrected chi connectivity index (χ4v) is 2.39. The molecule has 0 bridgehead atoms. The molecule has 19 heavy (non-hydrogen) atoms. The SMILES string of the molecule is Cc1nc(C#N)cc(OCCCC2CCNCC2)n1. The highest BCUT2D eigenvalue weighted by Crippen LogP contribution is 2.18. The van der Waals surface area contributed by atoms with Gasteiger partial charge in [0, 0.05) is 6.07 Å². The minimum absolute atomic E-state index is 0.362. The molecule has 1 aromatic rings. The van der Waals surface area contributed by atoms with Gasteiger partial charge in [-0.25, -0.2) is 4.98 Å². The van der Waals surface area contributed by atoms with Gasteiger partial charge in [0.25, 0.3) is 0 Å². The minimum Gasteiger partial charge on any atom is -0.478 e. The number of nitrogens with one attached hydrogen (secondary N) is 1. The van der Waals surface area contributed by atoms with Gasteiger partial charge in [0.2, 0.25) is 5.88 Å². The van der Waals surface area contributed by atoms with Crippen LogP contribution in [0.15, 0.2) is 6.07 Å². The standard InChI is InChI=1S/C14H20N4O/c1-11-17-13(10-15)9-14(18-11)19-8-2-3-12-4-6-16-7-5-12/h9,12,16H,2-8H2,1H3. The van der Waals surface area contributed by atoms with Crippen molar-refractivity contribution >= 4 is 0 Å². The fourth-order valence-electron chi connectivity index (χ4n) is 2.39. The molecule has 0 amide bonds. The first-order valence-electron chi connectivity index (χ1n) is 6.87. The van der Waals surface area contributed by atoms with E-state index in [9.17, 15) is 0 Å². The third-order valence-corrected chi connectivity index (χ3v) is 3.39. The maximum absolute atomic E-state index is 8.83. The summed E-state index contributed by atoms with van der Waals surface area (Å²) in [7, 11) is 0. The van der Waals surface area contributed by atoms with Crippen molar-refractivity contribution in [1.29, 1.82) is 5.26 Å². The van der Waals surface area contributed by atoms with Crippen LogP contribution in [0.5, 0.6) is 5.88 Å². The van der Waals surface area contributed by atoms with E-state index in [1.165, 1.54) is 19.3 Å². The third-order valence-electron chi connectivity index (χ3n) is 3.39. The van der Waals surface area contributed by atoms with Crippen LogP contribution in [-0.2, 0) is 0 Å². The zero-order valence-electron chi connectivity index (χ0n) is 11.4. The van der Waals surface area contributed by atoms with Crippen LogP contribution >= 0.6 is 0 Å². The van der Waals surface area contributed by atoms with Gasteiger partial charge >= 0.3 is 0 Å². The third kappa shape index (κ3) is 4.49. The molecule has 0 spiro atoms. The molecule has 5 nitrogen and oxygen atoms in total. The molecule has 2 heterocycles. The molecular formula is C14H20N4O. The van der Waals surface area contributed by atoms with Crippen LogP contribution in [0.25, 0.3) is 0 Å². The molecule has 5 heteroatoms. The van der Waals surface area contributed by atoms with Crippen LogP contribution in [0, 0.1) is 24.2 Å². The lowest BCUT2D eigenvalue weighted by Gasteiger charge is -2.22. The van der Waals surface area contributed by atoms with Crippen LogP contribution < -0.4 is 10.1 Å². The Balaban J connectivity index is 1.73. The van der Waals surface area contributed by atoms with Crippen molar-refractivity contribution in [1.82, 2.24) is 15.3 Å². The summed E-state index contributed by atoms with van der Waals surface area (Å²) in [5, 5.41) is 12.2.